The van der Waals surface area contributed by atoms with Gasteiger partial charge in [0, 0.05) is 19.3 Å². The molecule has 174 valence electrons. The topological polar surface area (TPSA) is 94.1 Å². The first-order chi connectivity index (χ1) is 16.4. The van der Waals surface area contributed by atoms with Gasteiger partial charge in [0.15, 0.2) is 0 Å². The third-order valence-electron chi connectivity index (χ3n) is 5.86. The Morgan fingerprint density at radius 2 is 1.88 bits per heavy atom. The van der Waals surface area contributed by atoms with Gasteiger partial charge < -0.3 is 20.3 Å². The summed E-state index contributed by atoms with van der Waals surface area (Å²) in [5.74, 6) is -1.06. The number of aromatic amines is 1. The Bertz CT molecular complexity index is 1400. The fourth-order valence-electron chi connectivity index (χ4n) is 4.10. The van der Waals surface area contributed by atoms with E-state index >= 15 is 0 Å². The Balaban J connectivity index is 1.56. The average molecular weight is 528 g/mol. The van der Waals surface area contributed by atoms with E-state index in [-0.39, 0.29) is 28.3 Å². The number of hydrogen-bond donors (Lipinski definition) is 3. The Kier molecular flexibility index (Phi) is 6.01. The molecule has 0 radical (unpaired) electrons. The fraction of sp³-hybridized carbons (Fsp3) is 0.208. The molecule has 5 rings (SSSR count). The molecule has 1 saturated heterocycles. The van der Waals surface area contributed by atoms with E-state index in [1.165, 1.54) is 18.3 Å². The Labute approximate surface area is 201 Å². The largest absolute Gasteiger partial charge is 0.393 e. The average Bonchev–Trinajstić information content (AvgIpc) is 2.82. The van der Waals surface area contributed by atoms with Gasteiger partial charge in [-0.15, -0.1) is 0 Å². The second-order valence-corrected chi connectivity index (χ2v) is 8.94. The summed E-state index contributed by atoms with van der Waals surface area (Å²) in [6.45, 7) is 1.48. The lowest BCUT2D eigenvalue weighted by Crippen LogP contribution is -2.35. The van der Waals surface area contributed by atoms with Crippen LogP contribution in [0.1, 0.15) is 12.8 Å². The summed E-state index contributed by atoms with van der Waals surface area (Å²) < 4.78 is 29.5. The van der Waals surface area contributed by atoms with Crippen LogP contribution in [0, 0.1) is 11.6 Å². The number of halogens is 3. The van der Waals surface area contributed by atoms with Gasteiger partial charge >= 0.3 is 0 Å². The van der Waals surface area contributed by atoms with E-state index in [0.717, 1.165) is 30.9 Å². The third kappa shape index (κ3) is 4.26. The molecule has 0 amide bonds. The molecule has 1 aliphatic rings. The van der Waals surface area contributed by atoms with Gasteiger partial charge in [-0.25, -0.2) is 18.7 Å². The highest BCUT2D eigenvalue weighted by atomic mass is 79.9. The van der Waals surface area contributed by atoms with Gasteiger partial charge in [0.2, 0.25) is 0 Å². The third-order valence-corrected chi connectivity index (χ3v) is 6.47. The molecule has 1 fully saturated rings. The number of fused-ring (bicyclic) bond motifs is 1. The van der Waals surface area contributed by atoms with E-state index in [0.29, 0.717) is 28.8 Å². The molecule has 0 unspecified atom stereocenters. The van der Waals surface area contributed by atoms with Crippen LogP contribution in [0.25, 0.3) is 22.2 Å². The molecule has 34 heavy (non-hydrogen) atoms. The van der Waals surface area contributed by atoms with E-state index in [1.54, 1.807) is 12.3 Å². The first kappa shape index (κ1) is 22.4. The maximum Gasteiger partial charge on any atom is 0.259 e. The molecule has 10 heteroatoms. The predicted molar refractivity (Wildman–Crippen MR) is 130 cm³/mol. The van der Waals surface area contributed by atoms with Gasteiger partial charge in [-0.05, 0) is 59.1 Å². The molecule has 0 atom stereocenters. The zero-order valence-corrected chi connectivity index (χ0v) is 19.4. The quantitative estimate of drug-likeness (QED) is 0.355. The zero-order valence-electron chi connectivity index (χ0n) is 17.9. The predicted octanol–water partition coefficient (Wildman–Crippen LogP) is 4.73. The number of benzene rings is 1. The molecule has 1 aromatic carbocycles. The molecular weight excluding hydrogens is 508 g/mol. The summed E-state index contributed by atoms with van der Waals surface area (Å²) in [6, 6.07) is 8.70. The number of pyridine rings is 3. The summed E-state index contributed by atoms with van der Waals surface area (Å²) in [6.07, 6.45) is 4.29. The van der Waals surface area contributed by atoms with E-state index in [1.807, 2.05) is 6.07 Å². The van der Waals surface area contributed by atoms with Crippen molar-refractivity contribution >= 4 is 44.0 Å². The minimum Gasteiger partial charge on any atom is -0.393 e. The van der Waals surface area contributed by atoms with Gasteiger partial charge in [-0.1, -0.05) is 6.07 Å². The summed E-state index contributed by atoms with van der Waals surface area (Å²) >= 11 is 3.37. The maximum absolute atomic E-state index is 14.5. The number of aliphatic hydroxyl groups is 1. The van der Waals surface area contributed by atoms with Crippen molar-refractivity contribution in [2.45, 2.75) is 18.9 Å². The smallest absolute Gasteiger partial charge is 0.259 e. The first-order valence-electron chi connectivity index (χ1n) is 10.7. The SMILES string of the molecule is O=c1[nH]cc(Br)c2nc(-c3c(F)cccc3F)cc(Nc3ccc(N4CCC(O)CC4)cn3)c12. The van der Waals surface area contributed by atoms with E-state index < -0.39 is 17.2 Å². The van der Waals surface area contributed by atoms with Crippen LogP contribution >= 0.6 is 15.9 Å². The Morgan fingerprint density at radius 1 is 1.15 bits per heavy atom. The molecule has 4 aromatic rings. The van der Waals surface area contributed by atoms with E-state index in [2.05, 4.69) is 41.1 Å². The molecule has 3 N–H and O–H groups in total. The van der Waals surface area contributed by atoms with Crippen LogP contribution in [0.2, 0.25) is 0 Å². The van der Waals surface area contributed by atoms with Crippen LogP contribution in [0.3, 0.4) is 0 Å². The highest BCUT2D eigenvalue weighted by molar-refractivity contribution is 9.10. The van der Waals surface area contributed by atoms with E-state index in [9.17, 15) is 18.7 Å². The van der Waals surface area contributed by atoms with Crippen LogP contribution in [-0.2, 0) is 0 Å². The normalized spacial score (nSPS) is 14.5. The van der Waals surface area contributed by atoms with Crippen LogP contribution in [0.15, 0.2) is 58.1 Å². The second kappa shape index (κ2) is 9.11. The van der Waals surface area contributed by atoms with Crippen molar-refractivity contribution in [1.29, 1.82) is 0 Å². The highest BCUT2D eigenvalue weighted by Crippen LogP contribution is 2.33. The molecule has 1 aliphatic heterocycles. The first-order valence-corrected chi connectivity index (χ1v) is 11.5. The maximum atomic E-state index is 14.5. The number of anilines is 3. The van der Waals surface area contributed by atoms with Crippen LogP contribution in [-0.4, -0.2) is 39.3 Å². The monoisotopic (exact) mass is 527 g/mol. The highest BCUT2D eigenvalue weighted by Gasteiger charge is 2.20. The molecule has 7 nitrogen and oxygen atoms in total. The number of aromatic nitrogens is 3. The van der Waals surface area contributed by atoms with Crippen LogP contribution < -0.4 is 15.8 Å². The standard InChI is InChI=1S/C24H20BrF2N5O2/c25-15-12-29-24(34)22-19(10-18(31-23(15)22)21-16(26)2-1-3-17(21)27)30-20-5-4-13(11-28-20)32-8-6-14(33)7-9-32/h1-5,10-12,14,33H,6-9H2,(H,29,34)(H,28,30,31). The summed E-state index contributed by atoms with van der Waals surface area (Å²) in [5.41, 5.74) is 0.848. The second-order valence-electron chi connectivity index (χ2n) is 8.09. The molecule has 0 spiro atoms. The molecule has 0 aliphatic carbocycles. The number of aliphatic hydroxyl groups excluding tert-OH is 1. The minimum atomic E-state index is -0.757. The van der Waals surface area contributed by atoms with Crippen LogP contribution in [0.5, 0.6) is 0 Å². The Hall–Kier alpha value is -3.37. The molecular formula is C24H20BrF2N5O2. The lowest BCUT2D eigenvalue weighted by Gasteiger charge is -2.31. The van der Waals surface area contributed by atoms with Crippen molar-refractivity contribution in [1.82, 2.24) is 15.0 Å². The number of piperidine rings is 1. The summed E-state index contributed by atoms with van der Waals surface area (Å²) in [7, 11) is 0. The number of hydrogen-bond acceptors (Lipinski definition) is 6. The number of nitrogens with zero attached hydrogens (tertiary/aromatic N) is 3. The molecule has 3 aromatic heterocycles. The van der Waals surface area contributed by atoms with E-state index in [4.69, 9.17) is 0 Å². The van der Waals surface area contributed by atoms with Crippen molar-refractivity contribution in [2.24, 2.45) is 0 Å². The number of H-pyrrole nitrogens is 1. The zero-order chi connectivity index (χ0) is 23.8. The van der Waals surface area contributed by atoms with Gasteiger partial charge in [0.25, 0.3) is 5.56 Å². The lowest BCUT2D eigenvalue weighted by molar-refractivity contribution is 0.145. The van der Waals surface area contributed by atoms with Gasteiger partial charge in [0.1, 0.15) is 17.5 Å². The van der Waals surface area contributed by atoms with Gasteiger partial charge in [-0.3, -0.25) is 4.79 Å². The van der Waals surface area contributed by atoms with Gasteiger partial charge in [0.05, 0.1) is 50.3 Å². The lowest BCUT2D eigenvalue weighted by atomic mass is 10.1. The molecule has 0 saturated carbocycles. The number of nitrogens with one attached hydrogen (secondary N) is 2. The van der Waals surface area contributed by atoms with Crippen molar-refractivity contribution < 1.29 is 13.9 Å². The van der Waals surface area contributed by atoms with Crippen LogP contribution in [0.4, 0.5) is 26.0 Å². The summed E-state index contributed by atoms with van der Waals surface area (Å²) in [5, 5.41) is 13.0. The van der Waals surface area contributed by atoms with Crippen molar-refractivity contribution in [3.8, 4) is 11.3 Å². The molecule has 0 bridgehead atoms. The minimum absolute atomic E-state index is 0.0420. The van der Waals surface area contributed by atoms with Gasteiger partial charge in [-0.2, -0.15) is 0 Å². The number of rotatable bonds is 4. The fourth-order valence-corrected chi connectivity index (χ4v) is 4.50. The van der Waals surface area contributed by atoms with Crippen molar-refractivity contribution in [3.05, 3.63) is 75.3 Å². The van der Waals surface area contributed by atoms with Crippen molar-refractivity contribution in [2.75, 3.05) is 23.3 Å². The summed E-state index contributed by atoms with van der Waals surface area (Å²) in [4.78, 5) is 26.3. The Morgan fingerprint density at radius 3 is 2.56 bits per heavy atom. The van der Waals surface area contributed by atoms with Crippen molar-refractivity contribution in [3.63, 3.8) is 0 Å². The molecule has 4 heterocycles.